The molecule has 0 aliphatic carbocycles. The molecular formula is C20H23N3O3. The summed E-state index contributed by atoms with van der Waals surface area (Å²) in [6.45, 7) is 5.79. The third-order valence-electron chi connectivity index (χ3n) is 4.10. The van der Waals surface area contributed by atoms with E-state index in [1.165, 1.54) is 0 Å². The van der Waals surface area contributed by atoms with Crippen LogP contribution in [0.5, 0.6) is 11.5 Å². The first kappa shape index (κ1) is 17.8. The number of hydrogen-bond donors (Lipinski definition) is 2. The predicted molar refractivity (Wildman–Crippen MR) is 100 cm³/mol. The van der Waals surface area contributed by atoms with Crippen molar-refractivity contribution in [2.45, 2.75) is 32.9 Å². The lowest BCUT2D eigenvalue weighted by molar-refractivity contribution is -0.134. The summed E-state index contributed by atoms with van der Waals surface area (Å²) in [4.78, 5) is 20.2. The van der Waals surface area contributed by atoms with E-state index < -0.39 is 5.60 Å². The van der Waals surface area contributed by atoms with Crippen LogP contribution in [0, 0.1) is 6.92 Å². The van der Waals surface area contributed by atoms with Gasteiger partial charge in [0.15, 0.2) is 17.1 Å². The van der Waals surface area contributed by atoms with E-state index in [9.17, 15) is 4.79 Å². The number of methoxy groups -OCH3 is 1. The fourth-order valence-electron chi connectivity index (χ4n) is 2.71. The average molecular weight is 353 g/mol. The van der Waals surface area contributed by atoms with Crippen LogP contribution in [-0.2, 0) is 11.3 Å². The van der Waals surface area contributed by atoms with E-state index in [0.29, 0.717) is 18.0 Å². The molecule has 26 heavy (non-hydrogen) atoms. The molecule has 0 atom stereocenters. The van der Waals surface area contributed by atoms with Crippen LogP contribution in [0.25, 0.3) is 11.0 Å². The van der Waals surface area contributed by atoms with Gasteiger partial charge in [-0.05, 0) is 50.6 Å². The number of fused-ring (bicyclic) bond motifs is 1. The van der Waals surface area contributed by atoms with E-state index in [-0.39, 0.29) is 5.91 Å². The summed E-state index contributed by atoms with van der Waals surface area (Å²) in [5, 5.41) is 2.93. The summed E-state index contributed by atoms with van der Waals surface area (Å²) < 4.78 is 11.2. The molecule has 2 N–H and O–H groups in total. The minimum atomic E-state index is -1.04. The zero-order valence-corrected chi connectivity index (χ0v) is 15.4. The van der Waals surface area contributed by atoms with Gasteiger partial charge in [0.1, 0.15) is 5.82 Å². The monoisotopic (exact) mass is 353 g/mol. The van der Waals surface area contributed by atoms with E-state index in [1.54, 1.807) is 33.1 Å². The molecule has 0 unspecified atom stereocenters. The number of para-hydroxylation sites is 2. The van der Waals surface area contributed by atoms with Crippen molar-refractivity contribution in [1.29, 1.82) is 0 Å². The second-order valence-electron chi connectivity index (χ2n) is 6.62. The number of rotatable bonds is 6. The van der Waals surface area contributed by atoms with Crippen LogP contribution in [0.1, 0.15) is 25.2 Å². The summed E-state index contributed by atoms with van der Waals surface area (Å²) >= 11 is 0. The Morgan fingerprint density at radius 1 is 1.19 bits per heavy atom. The molecule has 2 aromatic carbocycles. The van der Waals surface area contributed by atoms with Crippen molar-refractivity contribution >= 4 is 16.9 Å². The third kappa shape index (κ3) is 3.79. The van der Waals surface area contributed by atoms with Crippen LogP contribution in [0.2, 0.25) is 0 Å². The van der Waals surface area contributed by atoms with Gasteiger partial charge in [-0.1, -0.05) is 18.2 Å². The summed E-state index contributed by atoms with van der Waals surface area (Å²) in [5.74, 6) is 1.79. The van der Waals surface area contributed by atoms with Gasteiger partial charge in [0, 0.05) is 6.54 Å². The van der Waals surface area contributed by atoms with Gasteiger partial charge < -0.3 is 19.8 Å². The van der Waals surface area contributed by atoms with E-state index in [0.717, 1.165) is 22.4 Å². The fraction of sp³-hybridized carbons (Fsp3) is 0.300. The number of hydrogen-bond acceptors (Lipinski definition) is 4. The molecule has 0 radical (unpaired) electrons. The number of nitrogens with one attached hydrogen (secondary N) is 2. The minimum Gasteiger partial charge on any atom is -0.493 e. The zero-order valence-electron chi connectivity index (χ0n) is 15.4. The molecule has 3 rings (SSSR count). The van der Waals surface area contributed by atoms with Crippen molar-refractivity contribution < 1.29 is 14.3 Å². The van der Waals surface area contributed by atoms with E-state index in [4.69, 9.17) is 9.47 Å². The van der Waals surface area contributed by atoms with Gasteiger partial charge >= 0.3 is 0 Å². The number of aromatic amines is 1. The zero-order chi connectivity index (χ0) is 18.7. The Kier molecular flexibility index (Phi) is 4.84. The molecule has 6 heteroatoms. The standard InChI is InChI=1S/C20H23N3O3/c1-13-22-15-10-9-14(11-16(15)23-13)12-21-19(24)20(2,3)26-18-8-6-5-7-17(18)25-4/h5-11H,12H2,1-4H3,(H,21,24)(H,22,23). The smallest absolute Gasteiger partial charge is 0.263 e. The molecule has 3 aromatic rings. The Labute approximate surface area is 152 Å². The van der Waals surface area contributed by atoms with Gasteiger partial charge in [0.25, 0.3) is 5.91 Å². The van der Waals surface area contributed by atoms with Crippen molar-refractivity contribution in [2.24, 2.45) is 0 Å². The summed E-state index contributed by atoms with van der Waals surface area (Å²) in [7, 11) is 1.57. The Hall–Kier alpha value is -3.02. The minimum absolute atomic E-state index is 0.204. The highest BCUT2D eigenvalue weighted by Crippen LogP contribution is 2.29. The van der Waals surface area contributed by atoms with Gasteiger partial charge in [-0.2, -0.15) is 0 Å². The molecule has 0 aliphatic rings. The van der Waals surface area contributed by atoms with Crippen LogP contribution >= 0.6 is 0 Å². The van der Waals surface area contributed by atoms with Gasteiger partial charge in [0.2, 0.25) is 0 Å². The maximum absolute atomic E-state index is 12.6. The molecule has 1 amide bonds. The largest absolute Gasteiger partial charge is 0.493 e. The second-order valence-corrected chi connectivity index (χ2v) is 6.62. The number of aromatic nitrogens is 2. The number of amides is 1. The fourth-order valence-corrected chi connectivity index (χ4v) is 2.71. The van der Waals surface area contributed by atoms with Gasteiger partial charge in [-0.3, -0.25) is 4.79 Å². The van der Waals surface area contributed by atoms with Gasteiger partial charge in [0.05, 0.1) is 18.1 Å². The molecule has 6 nitrogen and oxygen atoms in total. The van der Waals surface area contributed by atoms with E-state index in [2.05, 4.69) is 15.3 Å². The third-order valence-corrected chi connectivity index (χ3v) is 4.10. The number of aryl methyl sites for hydroxylation is 1. The van der Waals surface area contributed by atoms with Crippen LogP contribution < -0.4 is 14.8 Å². The number of carbonyl (C=O) groups is 1. The van der Waals surface area contributed by atoms with Crippen molar-refractivity contribution in [3.8, 4) is 11.5 Å². The number of benzene rings is 2. The van der Waals surface area contributed by atoms with Crippen molar-refractivity contribution in [3.05, 3.63) is 53.9 Å². The van der Waals surface area contributed by atoms with Crippen LogP contribution in [0.4, 0.5) is 0 Å². The van der Waals surface area contributed by atoms with Crippen LogP contribution in [0.15, 0.2) is 42.5 Å². The summed E-state index contributed by atoms with van der Waals surface area (Å²) in [6.07, 6.45) is 0. The lowest BCUT2D eigenvalue weighted by Crippen LogP contribution is -2.46. The molecule has 0 bridgehead atoms. The number of nitrogens with zero attached hydrogens (tertiary/aromatic N) is 1. The summed E-state index contributed by atoms with van der Waals surface area (Å²) in [5.41, 5.74) is 1.82. The predicted octanol–water partition coefficient (Wildman–Crippen LogP) is 3.35. The first-order valence-electron chi connectivity index (χ1n) is 8.44. The van der Waals surface area contributed by atoms with Crippen molar-refractivity contribution in [1.82, 2.24) is 15.3 Å². The molecule has 1 aromatic heterocycles. The lowest BCUT2D eigenvalue weighted by atomic mass is 10.1. The molecule has 0 aliphatic heterocycles. The molecule has 0 saturated heterocycles. The molecule has 0 fully saturated rings. The second kappa shape index (κ2) is 7.07. The van der Waals surface area contributed by atoms with Crippen molar-refractivity contribution in [2.75, 3.05) is 7.11 Å². The van der Waals surface area contributed by atoms with Crippen molar-refractivity contribution in [3.63, 3.8) is 0 Å². The van der Waals surface area contributed by atoms with Crippen LogP contribution in [0.3, 0.4) is 0 Å². The van der Waals surface area contributed by atoms with Gasteiger partial charge in [-0.15, -0.1) is 0 Å². The van der Waals surface area contributed by atoms with Crippen LogP contribution in [-0.4, -0.2) is 28.6 Å². The number of carbonyl (C=O) groups excluding carboxylic acids is 1. The molecular weight excluding hydrogens is 330 g/mol. The summed E-state index contributed by atoms with van der Waals surface area (Å²) in [6, 6.07) is 13.2. The number of ether oxygens (including phenoxy) is 2. The molecule has 0 spiro atoms. The number of H-pyrrole nitrogens is 1. The highest BCUT2D eigenvalue weighted by atomic mass is 16.5. The Morgan fingerprint density at radius 3 is 2.65 bits per heavy atom. The first-order valence-corrected chi connectivity index (χ1v) is 8.44. The SMILES string of the molecule is COc1ccccc1OC(C)(C)C(=O)NCc1ccc2nc(C)[nH]c2c1. The Balaban J connectivity index is 1.67. The maximum Gasteiger partial charge on any atom is 0.263 e. The number of imidazole rings is 1. The molecule has 136 valence electrons. The van der Waals surface area contributed by atoms with E-state index >= 15 is 0 Å². The molecule has 1 heterocycles. The Morgan fingerprint density at radius 2 is 1.92 bits per heavy atom. The van der Waals surface area contributed by atoms with Gasteiger partial charge in [-0.25, -0.2) is 4.98 Å². The maximum atomic E-state index is 12.6. The normalized spacial score (nSPS) is 11.4. The van der Waals surface area contributed by atoms with E-state index in [1.807, 2.05) is 37.3 Å². The topological polar surface area (TPSA) is 76.2 Å². The quantitative estimate of drug-likeness (QED) is 0.712. The first-order chi connectivity index (χ1) is 12.4. The highest BCUT2D eigenvalue weighted by Gasteiger charge is 2.30. The highest BCUT2D eigenvalue weighted by molar-refractivity contribution is 5.85. The lowest BCUT2D eigenvalue weighted by Gasteiger charge is -2.26. The Bertz CT molecular complexity index is 931. The molecule has 0 saturated carbocycles. The average Bonchev–Trinajstić information content (AvgIpc) is 2.99.